The maximum Gasteiger partial charge on any atom is 0.573 e. The quantitative estimate of drug-likeness (QED) is 0.656. The summed E-state index contributed by atoms with van der Waals surface area (Å²) in [7, 11) is 0. The van der Waals surface area contributed by atoms with Crippen molar-refractivity contribution in [1.29, 1.82) is 0 Å². The maximum atomic E-state index is 13.4. The van der Waals surface area contributed by atoms with E-state index >= 15 is 0 Å². The first-order chi connectivity index (χ1) is 8.33. The average Bonchev–Trinajstić information content (AvgIpc) is 2.27. The Balaban J connectivity index is 0.00000324. The summed E-state index contributed by atoms with van der Waals surface area (Å²) in [5.41, 5.74) is 6.17. The fourth-order valence-corrected chi connectivity index (χ4v) is 1.42. The molecule has 0 saturated carbocycles. The minimum absolute atomic E-state index is 0. The first kappa shape index (κ1) is 17.7. The fourth-order valence-electron chi connectivity index (χ4n) is 1.42. The molecule has 0 heterocycles. The zero-order valence-corrected chi connectivity index (χ0v) is 10.7. The molecule has 1 atom stereocenters. The highest BCUT2D eigenvalue weighted by Gasteiger charge is 2.32. The molecular formula is C12H14ClF4NO. The number of allylic oxidation sites excluding steroid dienone is 1. The van der Waals surface area contributed by atoms with E-state index in [1.807, 2.05) is 0 Å². The van der Waals surface area contributed by atoms with E-state index in [-0.39, 0.29) is 12.4 Å². The third-order valence-corrected chi connectivity index (χ3v) is 2.29. The standard InChI is InChI=1S/C12H13F4NO.ClH/c1-2-3-4-10(17)8-5-6-11(9(13)7-8)18-12(14,15)16;/h2,5-7,10H,1,3-4,17H2;1H/t10-;/m0./s1. The lowest BCUT2D eigenvalue weighted by atomic mass is 10.0. The molecule has 2 nitrogen and oxygen atoms in total. The van der Waals surface area contributed by atoms with Gasteiger partial charge in [0, 0.05) is 6.04 Å². The molecule has 0 saturated heterocycles. The largest absolute Gasteiger partial charge is 0.573 e. The fraction of sp³-hybridized carbons (Fsp3) is 0.333. The van der Waals surface area contributed by atoms with Crippen LogP contribution in [0.25, 0.3) is 0 Å². The molecule has 0 spiro atoms. The van der Waals surface area contributed by atoms with E-state index in [0.29, 0.717) is 18.4 Å². The number of hydrogen-bond donors (Lipinski definition) is 1. The second kappa shape index (κ2) is 7.35. The molecule has 0 aliphatic rings. The van der Waals surface area contributed by atoms with Crippen LogP contribution in [0.1, 0.15) is 24.4 Å². The monoisotopic (exact) mass is 299 g/mol. The Labute approximate surface area is 114 Å². The predicted molar refractivity (Wildman–Crippen MR) is 66.7 cm³/mol. The van der Waals surface area contributed by atoms with Gasteiger partial charge in [-0.2, -0.15) is 0 Å². The highest BCUT2D eigenvalue weighted by atomic mass is 35.5. The van der Waals surface area contributed by atoms with Crippen molar-refractivity contribution in [3.8, 4) is 5.75 Å². The molecule has 1 aromatic carbocycles. The Morgan fingerprint density at radius 1 is 1.37 bits per heavy atom. The zero-order valence-electron chi connectivity index (χ0n) is 9.91. The molecule has 0 radical (unpaired) electrons. The minimum atomic E-state index is -4.91. The maximum absolute atomic E-state index is 13.4. The molecule has 0 bridgehead atoms. The predicted octanol–water partition coefficient (Wildman–Crippen LogP) is 4.11. The van der Waals surface area contributed by atoms with Gasteiger partial charge in [0.25, 0.3) is 0 Å². The minimum Gasteiger partial charge on any atom is -0.403 e. The van der Waals surface area contributed by atoms with Crippen LogP contribution in [-0.2, 0) is 0 Å². The highest BCUT2D eigenvalue weighted by Crippen LogP contribution is 2.28. The van der Waals surface area contributed by atoms with Gasteiger partial charge in [-0.1, -0.05) is 12.1 Å². The second-order valence-electron chi connectivity index (χ2n) is 3.71. The number of hydrogen-bond acceptors (Lipinski definition) is 2. The number of rotatable bonds is 5. The van der Waals surface area contributed by atoms with E-state index in [2.05, 4.69) is 11.3 Å². The lowest BCUT2D eigenvalue weighted by molar-refractivity contribution is -0.275. The lowest BCUT2D eigenvalue weighted by Crippen LogP contribution is -2.18. The van der Waals surface area contributed by atoms with Gasteiger partial charge in [-0.3, -0.25) is 0 Å². The molecule has 1 aromatic rings. The molecule has 0 aliphatic carbocycles. The summed E-state index contributed by atoms with van der Waals surface area (Å²) < 4.78 is 52.6. The summed E-state index contributed by atoms with van der Waals surface area (Å²) in [4.78, 5) is 0. The molecule has 19 heavy (non-hydrogen) atoms. The van der Waals surface area contributed by atoms with Crippen LogP contribution in [0.15, 0.2) is 30.9 Å². The van der Waals surface area contributed by atoms with Crippen LogP contribution in [-0.4, -0.2) is 6.36 Å². The Bertz CT molecular complexity index is 423. The van der Waals surface area contributed by atoms with Crippen molar-refractivity contribution in [3.05, 3.63) is 42.2 Å². The van der Waals surface area contributed by atoms with Gasteiger partial charge in [0.2, 0.25) is 0 Å². The number of benzene rings is 1. The average molecular weight is 300 g/mol. The van der Waals surface area contributed by atoms with Gasteiger partial charge in [0.05, 0.1) is 0 Å². The second-order valence-corrected chi connectivity index (χ2v) is 3.71. The van der Waals surface area contributed by atoms with Crippen LogP contribution in [0.4, 0.5) is 17.6 Å². The van der Waals surface area contributed by atoms with Gasteiger partial charge in [-0.05, 0) is 30.5 Å². The van der Waals surface area contributed by atoms with Crippen molar-refractivity contribution in [2.75, 3.05) is 0 Å². The van der Waals surface area contributed by atoms with Crippen LogP contribution in [0.2, 0.25) is 0 Å². The van der Waals surface area contributed by atoms with E-state index in [0.717, 1.165) is 12.1 Å². The lowest BCUT2D eigenvalue weighted by Gasteiger charge is -2.13. The smallest absolute Gasteiger partial charge is 0.403 e. The molecule has 1 rings (SSSR count). The van der Waals surface area contributed by atoms with E-state index in [9.17, 15) is 17.6 Å². The van der Waals surface area contributed by atoms with Crippen molar-refractivity contribution in [2.24, 2.45) is 5.73 Å². The van der Waals surface area contributed by atoms with Crippen LogP contribution in [0.3, 0.4) is 0 Å². The SMILES string of the molecule is C=CCC[C@H](N)c1ccc(OC(F)(F)F)c(F)c1.Cl. The van der Waals surface area contributed by atoms with Crippen LogP contribution >= 0.6 is 12.4 Å². The molecule has 7 heteroatoms. The van der Waals surface area contributed by atoms with Gasteiger partial charge in [-0.25, -0.2) is 4.39 Å². The number of ether oxygens (including phenoxy) is 1. The number of alkyl halides is 3. The molecule has 0 amide bonds. The van der Waals surface area contributed by atoms with Gasteiger partial charge < -0.3 is 10.5 Å². The summed E-state index contributed by atoms with van der Waals surface area (Å²) in [5, 5.41) is 0. The van der Waals surface area contributed by atoms with Crippen LogP contribution in [0.5, 0.6) is 5.75 Å². The topological polar surface area (TPSA) is 35.2 Å². The summed E-state index contributed by atoms with van der Waals surface area (Å²) in [6.07, 6.45) is -2.06. The molecule has 108 valence electrons. The van der Waals surface area contributed by atoms with Crippen molar-refractivity contribution in [3.63, 3.8) is 0 Å². The van der Waals surface area contributed by atoms with Crippen molar-refractivity contribution in [1.82, 2.24) is 0 Å². The summed E-state index contributed by atoms with van der Waals surface area (Å²) >= 11 is 0. The first-order valence-electron chi connectivity index (χ1n) is 5.25. The molecule has 0 aromatic heterocycles. The third kappa shape index (κ3) is 5.94. The van der Waals surface area contributed by atoms with Gasteiger partial charge in [0.1, 0.15) is 0 Å². The summed E-state index contributed by atoms with van der Waals surface area (Å²) in [5.74, 6) is -1.94. The van der Waals surface area contributed by atoms with Crippen molar-refractivity contribution in [2.45, 2.75) is 25.2 Å². The van der Waals surface area contributed by atoms with E-state index in [4.69, 9.17) is 5.73 Å². The van der Waals surface area contributed by atoms with E-state index in [1.165, 1.54) is 6.07 Å². The van der Waals surface area contributed by atoms with Crippen molar-refractivity contribution >= 4 is 12.4 Å². The number of halogens is 5. The Morgan fingerprint density at radius 3 is 2.47 bits per heavy atom. The summed E-state index contributed by atoms with van der Waals surface area (Å²) in [6, 6.07) is 2.75. The van der Waals surface area contributed by atoms with E-state index in [1.54, 1.807) is 6.08 Å². The van der Waals surface area contributed by atoms with Crippen LogP contribution in [0, 0.1) is 5.82 Å². The summed E-state index contributed by atoms with van der Waals surface area (Å²) in [6.45, 7) is 3.52. The van der Waals surface area contributed by atoms with Crippen molar-refractivity contribution < 1.29 is 22.3 Å². The van der Waals surface area contributed by atoms with Gasteiger partial charge in [0.15, 0.2) is 11.6 Å². The highest BCUT2D eigenvalue weighted by molar-refractivity contribution is 5.85. The zero-order chi connectivity index (χ0) is 13.8. The normalized spacial score (nSPS) is 12.5. The van der Waals surface area contributed by atoms with Gasteiger partial charge >= 0.3 is 6.36 Å². The Morgan fingerprint density at radius 2 is 2.00 bits per heavy atom. The van der Waals surface area contributed by atoms with Crippen LogP contribution < -0.4 is 10.5 Å². The molecule has 0 fully saturated rings. The molecule has 0 aliphatic heterocycles. The molecular weight excluding hydrogens is 286 g/mol. The third-order valence-electron chi connectivity index (χ3n) is 2.29. The van der Waals surface area contributed by atoms with Gasteiger partial charge in [-0.15, -0.1) is 32.2 Å². The molecule has 0 unspecified atom stereocenters. The van der Waals surface area contributed by atoms with E-state index < -0.39 is 24.0 Å². The first-order valence-corrected chi connectivity index (χ1v) is 5.25. The number of nitrogens with two attached hydrogens (primary N) is 1. The Hall–Kier alpha value is -1.27. The molecule has 2 N–H and O–H groups in total. The Kier molecular flexibility index (Phi) is 6.86.